The molecule has 0 heterocycles. The first-order valence-electron chi connectivity index (χ1n) is 11.6. The van der Waals surface area contributed by atoms with Gasteiger partial charge in [0.15, 0.2) is 0 Å². The number of hydrogen-bond donors (Lipinski definition) is 2. The number of nitrogens with two attached hydrogens (primary N) is 1. The molecular weight excluding hydrogens is 431 g/mol. The van der Waals surface area contributed by atoms with Crippen LogP contribution in [0.25, 0.3) is 10.8 Å². The molecule has 1 fully saturated rings. The molecule has 1 aliphatic carbocycles. The zero-order chi connectivity index (χ0) is 24.6. The number of benzene rings is 2. The molecule has 0 saturated heterocycles. The van der Waals surface area contributed by atoms with Gasteiger partial charge in [-0.3, -0.25) is 4.79 Å². The fourth-order valence-corrected chi connectivity index (χ4v) is 4.87. The number of aliphatic carboxylic acids is 1. The first-order valence-corrected chi connectivity index (χ1v) is 11.6. The molecule has 33 heavy (non-hydrogen) atoms. The predicted octanol–water partition coefficient (Wildman–Crippen LogP) is 6.75. The molecule has 7 heteroatoms. The largest absolute Gasteiger partial charge is 0.490 e. The summed E-state index contributed by atoms with van der Waals surface area (Å²) in [6.45, 7) is 8.43. The summed E-state index contributed by atoms with van der Waals surface area (Å²) >= 11 is 0. The Morgan fingerprint density at radius 1 is 1.12 bits per heavy atom. The molecule has 0 radical (unpaired) electrons. The molecule has 2 atom stereocenters. The van der Waals surface area contributed by atoms with Crippen LogP contribution < -0.4 is 10.5 Å². The van der Waals surface area contributed by atoms with E-state index in [4.69, 9.17) is 15.6 Å². The Hall–Kier alpha value is -2.28. The smallest absolute Gasteiger partial charge is 0.420 e. The number of carbonyl (C=O) groups is 1. The quantitative estimate of drug-likeness (QED) is 0.495. The summed E-state index contributed by atoms with van der Waals surface area (Å²) in [5.41, 5.74) is 5.81. The lowest BCUT2D eigenvalue weighted by atomic mass is 9.72. The predicted molar refractivity (Wildman–Crippen MR) is 123 cm³/mol. The maximum absolute atomic E-state index is 14.1. The Balaban J connectivity index is 1.87. The maximum Gasteiger partial charge on any atom is 0.420 e. The Kier molecular flexibility index (Phi) is 7.32. The average Bonchev–Trinajstić information content (AvgIpc) is 2.71. The second-order valence-corrected chi connectivity index (χ2v) is 10.5. The number of alkyl halides is 3. The summed E-state index contributed by atoms with van der Waals surface area (Å²) in [7, 11) is 0. The van der Waals surface area contributed by atoms with Gasteiger partial charge >= 0.3 is 12.1 Å². The molecule has 0 aliphatic heterocycles. The molecule has 0 spiro atoms. The molecule has 0 aromatic heterocycles. The van der Waals surface area contributed by atoms with Gasteiger partial charge in [-0.1, -0.05) is 52.0 Å². The van der Waals surface area contributed by atoms with Crippen molar-refractivity contribution in [2.75, 3.05) is 0 Å². The van der Waals surface area contributed by atoms with Crippen LogP contribution >= 0.6 is 0 Å². The minimum atomic E-state index is -4.56. The topological polar surface area (TPSA) is 72.6 Å². The van der Waals surface area contributed by atoms with Gasteiger partial charge in [0.2, 0.25) is 0 Å². The standard InChI is InChI=1S/C26H34F3NO3/c1-15(13-21(30)24(31)32)16-5-11-20-17(14-16)6-12-22(23(20)26(27,28)29)33-19-9-7-18(8-10-19)25(2,3)4/h5-6,11-12,14-15,18-19,21H,7-10,13,30H2,1-4H3,(H,31,32)/t15?,18-,19-,21?. The average molecular weight is 466 g/mol. The summed E-state index contributed by atoms with van der Waals surface area (Å²) in [5.74, 6) is -0.877. The summed E-state index contributed by atoms with van der Waals surface area (Å²) in [5, 5.41) is 9.56. The summed E-state index contributed by atoms with van der Waals surface area (Å²) in [6, 6.07) is 6.80. The highest BCUT2D eigenvalue weighted by Gasteiger charge is 2.38. The van der Waals surface area contributed by atoms with Crippen molar-refractivity contribution in [3.63, 3.8) is 0 Å². The van der Waals surface area contributed by atoms with Gasteiger partial charge in [0.25, 0.3) is 0 Å². The van der Waals surface area contributed by atoms with Gasteiger partial charge in [0.1, 0.15) is 17.4 Å². The number of rotatable bonds is 6. The molecule has 3 rings (SSSR count). The van der Waals surface area contributed by atoms with E-state index in [1.807, 2.05) is 6.92 Å². The maximum atomic E-state index is 14.1. The molecule has 3 N–H and O–H groups in total. The lowest BCUT2D eigenvalue weighted by molar-refractivity contribution is -0.139. The van der Waals surface area contributed by atoms with Crippen LogP contribution in [0.4, 0.5) is 13.2 Å². The van der Waals surface area contributed by atoms with Crippen LogP contribution in [-0.2, 0) is 11.0 Å². The van der Waals surface area contributed by atoms with Gasteiger partial charge in [0, 0.05) is 0 Å². The van der Waals surface area contributed by atoms with Crippen molar-refractivity contribution in [2.45, 2.75) is 84.0 Å². The number of hydrogen-bond acceptors (Lipinski definition) is 3. The van der Waals surface area contributed by atoms with Crippen molar-refractivity contribution < 1.29 is 27.8 Å². The molecule has 0 amide bonds. The lowest BCUT2D eigenvalue weighted by Crippen LogP contribution is -2.31. The summed E-state index contributed by atoms with van der Waals surface area (Å²) in [6.07, 6.45) is -1.19. The van der Waals surface area contributed by atoms with Crippen LogP contribution in [0, 0.1) is 11.3 Å². The van der Waals surface area contributed by atoms with E-state index in [2.05, 4.69) is 20.8 Å². The van der Waals surface area contributed by atoms with Crippen LogP contribution in [0.15, 0.2) is 30.3 Å². The monoisotopic (exact) mass is 465 g/mol. The van der Waals surface area contributed by atoms with Crippen LogP contribution in [-0.4, -0.2) is 23.2 Å². The van der Waals surface area contributed by atoms with E-state index in [0.717, 1.165) is 31.2 Å². The number of carboxylic acids is 1. The highest BCUT2D eigenvalue weighted by atomic mass is 19.4. The third kappa shape index (κ3) is 5.99. The van der Waals surface area contributed by atoms with E-state index in [0.29, 0.717) is 11.3 Å². The molecule has 0 bridgehead atoms. The molecule has 1 saturated carbocycles. The minimum Gasteiger partial charge on any atom is -0.490 e. The van der Waals surface area contributed by atoms with Crippen molar-refractivity contribution in [3.8, 4) is 5.75 Å². The fourth-order valence-electron chi connectivity index (χ4n) is 4.87. The second kappa shape index (κ2) is 9.53. The van der Waals surface area contributed by atoms with Gasteiger partial charge in [0.05, 0.1) is 6.10 Å². The van der Waals surface area contributed by atoms with E-state index in [9.17, 15) is 18.0 Å². The molecular formula is C26H34F3NO3. The molecule has 4 nitrogen and oxygen atoms in total. The molecule has 1 aliphatic rings. The Morgan fingerprint density at radius 2 is 1.76 bits per heavy atom. The van der Waals surface area contributed by atoms with Crippen LogP contribution in [0.3, 0.4) is 0 Å². The Labute approximate surface area is 193 Å². The third-order valence-electron chi connectivity index (χ3n) is 6.98. The van der Waals surface area contributed by atoms with Gasteiger partial charge in [-0.15, -0.1) is 0 Å². The second-order valence-electron chi connectivity index (χ2n) is 10.5. The van der Waals surface area contributed by atoms with Gasteiger partial charge in [-0.05, 0) is 71.8 Å². The number of halogens is 3. The van der Waals surface area contributed by atoms with Crippen LogP contribution in [0.2, 0.25) is 0 Å². The lowest BCUT2D eigenvalue weighted by Gasteiger charge is -2.37. The van der Waals surface area contributed by atoms with Crippen molar-refractivity contribution in [2.24, 2.45) is 17.1 Å². The van der Waals surface area contributed by atoms with Crippen molar-refractivity contribution >= 4 is 16.7 Å². The van der Waals surface area contributed by atoms with E-state index in [1.54, 1.807) is 18.2 Å². The van der Waals surface area contributed by atoms with Crippen LogP contribution in [0.1, 0.15) is 76.8 Å². The number of carboxylic acid groups (broad SMARTS) is 1. The van der Waals surface area contributed by atoms with Crippen molar-refractivity contribution in [3.05, 3.63) is 41.5 Å². The number of ether oxygens (including phenoxy) is 1. The van der Waals surface area contributed by atoms with Gasteiger partial charge in [-0.2, -0.15) is 13.2 Å². The molecule has 182 valence electrons. The molecule has 2 aromatic rings. The Morgan fingerprint density at radius 3 is 2.30 bits per heavy atom. The SMILES string of the molecule is CC(CC(N)C(=O)O)c1ccc2c(C(F)(F)F)c(O[C@H]3CC[C@H](C(C)(C)C)CC3)ccc2c1. The van der Waals surface area contributed by atoms with E-state index in [-0.39, 0.29) is 35.0 Å². The van der Waals surface area contributed by atoms with E-state index in [1.165, 1.54) is 12.1 Å². The zero-order valence-electron chi connectivity index (χ0n) is 19.7. The first-order chi connectivity index (χ1) is 15.3. The zero-order valence-corrected chi connectivity index (χ0v) is 19.7. The first kappa shape index (κ1) is 25.3. The fraction of sp³-hybridized carbons (Fsp3) is 0.577. The van der Waals surface area contributed by atoms with Crippen LogP contribution in [0.5, 0.6) is 5.75 Å². The molecule has 2 aromatic carbocycles. The summed E-state index contributed by atoms with van der Waals surface area (Å²) < 4.78 is 48.3. The normalized spacial score (nSPS) is 21.6. The highest BCUT2D eigenvalue weighted by molar-refractivity contribution is 5.89. The van der Waals surface area contributed by atoms with Crippen molar-refractivity contribution in [1.82, 2.24) is 0 Å². The summed E-state index contributed by atoms with van der Waals surface area (Å²) in [4.78, 5) is 11.0. The van der Waals surface area contributed by atoms with Crippen molar-refractivity contribution in [1.29, 1.82) is 0 Å². The minimum absolute atomic E-state index is 0.0851. The number of fused-ring (bicyclic) bond motifs is 1. The van der Waals surface area contributed by atoms with Gasteiger partial charge < -0.3 is 15.6 Å². The van der Waals surface area contributed by atoms with Gasteiger partial charge in [-0.25, -0.2) is 0 Å². The Bertz CT molecular complexity index is 989. The highest BCUT2D eigenvalue weighted by Crippen LogP contribution is 2.44. The third-order valence-corrected chi connectivity index (χ3v) is 6.98. The molecule has 2 unspecified atom stereocenters. The van der Waals surface area contributed by atoms with E-state index < -0.39 is 23.8 Å². The van der Waals surface area contributed by atoms with E-state index >= 15 is 0 Å².